The molecule has 66 valence electrons. The molecule has 13 heavy (non-hydrogen) atoms. The smallest absolute Gasteiger partial charge is 0.0960 e. The Balaban J connectivity index is 3.04. The van der Waals surface area contributed by atoms with E-state index in [2.05, 4.69) is 0 Å². The highest BCUT2D eigenvalue weighted by atomic mass is 35.5. The van der Waals surface area contributed by atoms with Crippen molar-refractivity contribution in [1.82, 2.24) is 0 Å². The topological polar surface area (TPSA) is 49.8 Å². The van der Waals surface area contributed by atoms with E-state index >= 15 is 0 Å². The maximum absolute atomic E-state index is 8.64. The minimum Gasteiger partial charge on any atom is -0.326 e. The lowest BCUT2D eigenvalue weighted by Gasteiger charge is -1.97. The molecule has 0 amide bonds. The van der Waals surface area contributed by atoms with Gasteiger partial charge in [-0.15, -0.1) is 0 Å². The quantitative estimate of drug-likeness (QED) is 0.731. The van der Waals surface area contributed by atoms with Crippen molar-refractivity contribution in [2.45, 2.75) is 0 Å². The van der Waals surface area contributed by atoms with Crippen LogP contribution in [0.3, 0.4) is 0 Å². The molecule has 0 bridgehead atoms. The van der Waals surface area contributed by atoms with Gasteiger partial charge in [0.1, 0.15) is 0 Å². The fourth-order valence-electron chi connectivity index (χ4n) is 0.917. The first kappa shape index (κ1) is 9.79. The number of halogens is 1. The zero-order chi connectivity index (χ0) is 9.68. The molecule has 0 atom stereocenters. The maximum Gasteiger partial charge on any atom is 0.0960 e. The standard InChI is InChI=1S/C10H9ClN2/c11-10-4-2-1-3-9(10)5-8(6-12)7-13/h1-5H,6,12H2/b8-5-. The monoisotopic (exact) mass is 192 g/mol. The molecule has 0 aliphatic heterocycles. The Kier molecular flexibility index (Phi) is 3.51. The van der Waals surface area contributed by atoms with Gasteiger partial charge in [-0.3, -0.25) is 0 Å². The van der Waals surface area contributed by atoms with Crippen molar-refractivity contribution < 1.29 is 0 Å². The number of benzene rings is 1. The molecule has 1 aromatic carbocycles. The molecule has 0 aromatic heterocycles. The maximum atomic E-state index is 8.64. The van der Waals surface area contributed by atoms with E-state index in [4.69, 9.17) is 22.6 Å². The average molecular weight is 193 g/mol. The summed E-state index contributed by atoms with van der Waals surface area (Å²) < 4.78 is 0. The molecule has 3 heteroatoms. The van der Waals surface area contributed by atoms with Crippen LogP contribution in [0, 0.1) is 11.3 Å². The Bertz CT molecular complexity index is 363. The van der Waals surface area contributed by atoms with Crippen LogP contribution < -0.4 is 5.73 Å². The summed E-state index contributed by atoms with van der Waals surface area (Å²) in [6.45, 7) is 0.238. The van der Waals surface area contributed by atoms with Crippen molar-refractivity contribution in [2.75, 3.05) is 6.54 Å². The van der Waals surface area contributed by atoms with Gasteiger partial charge in [0, 0.05) is 17.1 Å². The lowest BCUT2D eigenvalue weighted by atomic mass is 10.1. The third-order valence-electron chi connectivity index (χ3n) is 1.60. The van der Waals surface area contributed by atoms with Crippen molar-refractivity contribution in [3.8, 4) is 6.07 Å². The van der Waals surface area contributed by atoms with Crippen LogP contribution in [-0.2, 0) is 0 Å². The van der Waals surface area contributed by atoms with Gasteiger partial charge in [-0.25, -0.2) is 0 Å². The summed E-state index contributed by atoms with van der Waals surface area (Å²) >= 11 is 5.89. The van der Waals surface area contributed by atoms with Gasteiger partial charge in [0.05, 0.1) is 6.07 Å². The Morgan fingerprint density at radius 3 is 2.77 bits per heavy atom. The SMILES string of the molecule is N#C/C(=C\c1ccccc1Cl)CN. The third kappa shape index (κ3) is 2.59. The van der Waals surface area contributed by atoms with Crippen LogP contribution in [-0.4, -0.2) is 6.54 Å². The summed E-state index contributed by atoms with van der Waals surface area (Å²) in [5, 5.41) is 9.27. The van der Waals surface area contributed by atoms with Crippen LogP contribution in [0.25, 0.3) is 6.08 Å². The van der Waals surface area contributed by atoms with E-state index in [1.54, 1.807) is 12.1 Å². The molecule has 1 rings (SSSR count). The first-order valence-corrected chi connectivity index (χ1v) is 4.21. The summed E-state index contributed by atoms with van der Waals surface area (Å²) in [6.07, 6.45) is 1.70. The molecule has 0 aliphatic rings. The highest BCUT2D eigenvalue weighted by molar-refractivity contribution is 6.32. The molecule has 1 aromatic rings. The summed E-state index contributed by atoms with van der Waals surface area (Å²) in [4.78, 5) is 0. The number of nitriles is 1. The van der Waals surface area contributed by atoms with E-state index in [1.807, 2.05) is 24.3 Å². The van der Waals surface area contributed by atoms with Gasteiger partial charge in [-0.05, 0) is 17.7 Å². The predicted octanol–water partition coefficient (Wildman–Crippen LogP) is 2.21. The Labute approximate surface area is 82.2 Å². The second-order valence-electron chi connectivity index (χ2n) is 2.51. The van der Waals surface area contributed by atoms with E-state index in [9.17, 15) is 0 Å². The summed E-state index contributed by atoms with van der Waals surface area (Å²) in [5.74, 6) is 0. The van der Waals surface area contributed by atoms with E-state index in [0.29, 0.717) is 10.6 Å². The van der Waals surface area contributed by atoms with E-state index in [0.717, 1.165) is 5.56 Å². The van der Waals surface area contributed by atoms with Crippen LogP contribution in [0.5, 0.6) is 0 Å². The van der Waals surface area contributed by atoms with E-state index < -0.39 is 0 Å². The Morgan fingerprint density at radius 2 is 2.23 bits per heavy atom. The number of nitrogens with zero attached hydrogens (tertiary/aromatic N) is 1. The highest BCUT2D eigenvalue weighted by Crippen LogP contribution is 2.17. The zero-order valence-corrected chi connectivity index (χ0v) is 7.75. The number of hydrogen-bond donors (Lipinski definition) is 1. The first-order chi connectivity index (χ1) is 6.27. The van der Waals surface area contributed by atoms with E-state index in [-0.39, 0.29) is 6.54 Å². The molecule has 0 unspecified atom stereocenters. The van der Waals surface area contributed by atoms with Crippen LogP contribution in [0.4, 0.5) is 0 Å². The van der Waals surface area contributed by atoms with Gasteiger partial charge in [0.25, 0.3) is 0 Å². The average Bonchev–Trinajstić information content (AvgIpc) is 2.17. The van der Waals surface area contributed by atoms with E-state index in [1.165, 1.54) is 0 Å². The molecule has 0 heterocycles. The largest absolute Gasteiger partial charge is 0.326 e. The molecule has 0 fully saturated rings. The molecule has 2 nitrogen and oxygen atoms in total. The molecular formula is C10H9ClN2. The molecule has 0 aliphatic carbocycles. The van der Waals surface area contributed by atoms with Gasteiger partial charge >= 0.3 is 0 Å². The van der Waals surface area contributed by atoms with Crippen molar-refractivity contribution in [2.24, 2.45) is 5.73 Å². The van der Waals surface area contributed by atoms with Crippen molar-refractivity contribution in [3.63, 3.8) is 0 Å². The number of hydrogen-bond acceptors (Lipinski definition) is 2. The van der Waals surface area contributed by atoms with Crippen molar-refractivity contribution in [3.05, 3.63) is 40.4 Å². The second-order valence-corrected chi connectivity index (χ2v) is 2.91. The number of nitrogens with two attached hydrogens (primary N) is 1. The summed E-state index contributed by atoms with van der Waals surface area (Å²) in [5.41, 5.74) is 6.69. The summed E-state index contributed by atoms with van der Waals surface area (Å²) in [6, 6.07) is 9.33. The highest BCUT2D eigenvalue weighted by Gasteiger charge is 1.96. The fraction of sp³-hybridized carbons (Fsp3) is 0.100. The Hall–Kier alpha value is -1.30. The molecular weight excluding hydrogens is 184 g/mol. The van der Waals surface area contributed by atoms with Crippen molar-refractivity contribution >= 4 is 17.7 Å². The minimum absolute atomic E-state index is 0.238. The van der Waals surface area contributed by atoms with Gasteiger partial charge in [0.15, 0.2) is 0 Å². The van der Waals surface area contributed by atoms with Gasteiger partial charge in [-0.2, -0.15) is 5.26 Å². The van der Waals surface area contributed by atoms with Crippen LogP contribution in [0.1, 0.15) is 5.56 Å². The van der Waals surface area contributed by atoms with Crippen LogP contribution in [0.15, 0.2) is 29.8 Å². The minimum atomic E-state index is 0.238. The van der Waals surface area contributed by atoms with Gasteiger partial charge < -0.3 is 5.73 Å². The van der Waals surface area contributed by atoms with Gasteiger partial charge in [0.2, 0.25) is 0 Å². The van der Waals surface area contributed by atoms with Crippen LogP contribution >= 0.6 is 11.6 Å². The molecule has 0 saturated carbocycles. The summed E-state index contributed by atoms with van der Waals surface area (Å²) in [7, 11) is 0. The third-order valence-corrected chi connectivity index (χ3v) is 1.94. The normalized spacial score (nSPS) is 11.0. The molecule has 0 radical (unpaired) electrons. The predicted molar refractivity (Wildman–Crippen MR) is 54.1 cm³/mol. The lowest BCUT2D eigenvalue weighted by molar-refractivity contribution is 1.20. The second kappa shape index (κ2) is 4.66. The number of rotatable bonds is 2. The molecule has 2 N–H and O–H groups in total. The van der Waals surface area contributed by atoms with Crippen molar-refractivity contribution in [1.29, 1.82) is 5.26 Å². The fourth-order valence-corrected chi connectivity index (χ4v) is 1.11. The lowest BCUT2D eigenvalue weighted by Crippen LogP contribution is -2.00. The molecule has 0 saturated heterocycles. The molecule has 0 spiro atoms. The Morgan fingerprint density at radius 1 is 1.54 bits per heavy atom. The van der Waals surface area contributed by atoms with Gasteiger partial charge in [-0.1, -0.05) is 29.8 Å². The van der Waals surface area contributed by atoms with Crippen LogP contribution in [0.2, 0.25) is 5.02 Å². The first-order valence-electron chi connectivity index (χ1n) is 3.83. The zero-order valence-electron chi connectivity index (χ0n) is 7.00.